The fourth-order valence-corrected chi connectivity index (χ4v) is 5.02. The SMILES string of the molecule is CCC(C)(C)C(=O)OC1(CC(=O)OC2(C)CCCC2)CC2CCC1C2. The summed E-state index contributed by atoms with van der Waals surface area (Å²) in [7, 11) is 0. The topological polar surface area (TPSA) is 52.6 Å². The first kappa shape index (κ1) is 18.7. The molecular formula is C21H34O4. The zero-order chi connectivity index (χ0) is 18.3. The molecule has 0 N–H and O–H groups in total. The number of carbonyl (C=O) groups is 2. The molecule has 0 heterocycles. The summed E-state index contributed by atoms with van der Waals surface area (Å²) in [6, 6.07) is 0. The van der Waals surface area contributed by atoms with Gasteiger partial charge < -0.3 is 9.47 Å². The van der Waals surface area contributed by atoms with Gasteiger partial charge in [-0.15, -0.1) is 0 Å². The van der Waals surface area contributed by atoms with Crippen molar-refractivity contribution in [1.82, 2.24) is 0 Å². The lowest BCUT2D eigenvalue weighted by Crippen LogP contribution is -2.46. The zero-order valence-corrected chi connectivity index (χ0v) is 16.4. The number of esters is 2. The third kappa shape index (κ3) is 3.73. The lowest BCUT2D eigenvalue weighted by atomic mass is 9.80. The molecule has 0 radical (unpaired) electrons. The number of hydrogen-bond acceptors (Lipinski definition) is 4. The number of fused-ring (bicyclic) bond motifs is 2. The maximum Gasteiger partial charge on any atom is 0.312 e. The fraction of sp³-hybridized carbons (Fsp3) is 0.905. The Morgan fingerprint density at radius 2 is 1.80 bits per heavy atom. The first-order chi connectivity index (χ1) is 11.7. The van der Waals surface area contributed by atoms with Gasteiger partial charge >= 0.3 is 11.9 Å². The summed E-state index contributed by atoms with van der Waals surface area (Å²) in [4.78, 5) is 25.5. The Kier molecular flexibility index (Phi) is 4.93. The fourth-order valence-electron chi connectivity index (χ4n) is 5.02. The predicted molar refractivity (Wildman–Crippen MR) is 95.9 cm³/mol. The molecule has 0 saturated heterocycles. The number of rotatable bonds is 6. The molecule has 4 nitrogen and oxygen atoms in total. The van der Waals surface area contributed by atoms with Crippen molar-refractivity contribution in [1.29, 1.82) is 0 Å². The highest BCUT2D eigenvalue weighted by Crippen LogP contribution is 2.55. The molecule has 2 bridgehead atoms. The summed E-state index contributed by atoms with van der Waals surface area (Å²) >= 11 is 0. The van der Waals surface area contributed by atoms with Gasteiger partial charge in [-0.3, -0.25) is 9.59 Å². The van der Waals surface area contributed by atoms with Crippen molar-refractivity contribution in [3.8, 4) is 0 Å². The molecule has 0 aromatic carbocycles. The third-order valence-corrected chi connectivity index (χ3v) is 7.12. The van der Waals surface area contributed by atoms with Crippen molar-refractivity contribution >= 4 is 11.9 Å². The van der Waals surface area contributed by atoms with E-state index in [1.165, 1.54) is 6.42 Å². The Bertz CT molecular complexity index is 532. The van der Waals surface area contributed by atoms with Crippen molar-refractivity contribution in [2.45, 2.75) is 103 Å². The highest BCUT2D eigenvalue weighted by atomic mass is 16.6. The minimum Gasteiger partial charge on any atom is -0.459 e. The van der Waals surface area contributed by atoms with Gasteiger partial charge in [0, 0.05) is 0 Å². The lowest BCUT2D eigenvalue weighted by molar-refractivity contribution is -0.185. The molecule has 3 rings (SSSR count). The summed E-state index contributed by atoms with van der Waals surface area (Å²) in [5.41, 5.74) is -1.45. The van der Waals surface area contributed by atoms with E-state index in [1.807, 2.05) is 27.7 Å². The zero-order valence-electron chi connectivity index (χ0n) is 16.4. The van der Waals surface area contributed by atoms with E-state index >= 15 is 0 Å². The van der Waals surface area contributed by atoms with E-state index in [1.54, 1.807) is 0 Å². The predicted octanol–water partition coefficient (Wildman–Crippen LogP) is 4.79. The summed E-state index contributed by atoms with van der Waals surface area (Å²) in [5, 5.41) is 0. The van der Waals surface area contributed by atoms with Crippen LogP contribution in [0.5, 0.6) is 0 Å². The second-order valence-corrected chi connectivity index (χ2v) is 9.58. The van der Waals surface area contributed by atoms with Gasteiger partial charge in [0.1, 0.15) is 11.2 Å². The molecule has 3 aliphatic rings. The first-order valence-electron chi connectivity index (χ1n) is 10.1. The minimum absolute atomic E-state index is 0.164. The van der Waals surface area contributed by atoms with Gasteiger partial charge in [-0.1, -0.05) is 6.92 Å². The van der Waals surface area contributed by atoms with E-state index in [4.69, 9.17) is 9.47 Å². The van der Waals surface area contributed by atoms with Crippen molar-refractivity contribution in [2.75, 3.05) is 0 Å². The molecule has 142 valence electrons. The van der Waals surface area contributed by atoms with Gasteiger partial charge in [-0.25, -0.2) is 0 Å². The maximum atomic E-state index is 12.7. The average Bonchev–Trinajstić information content (AvgIpc) is 3.23. The second-order valence-electron chi connectivity index (χ2n) is 9.58. The second kappa shape index (κ2) is 6.59. The molecule has 3 atom stereocenters. The van der Waals surface area contributed by atoms with Gasteiger partial charge in [-0.05, 0) is 90.4 Å². The normalized spacial score (nSPS) is 33.4. The van der Waals surface area contributed by atoms with Crippen LogP contribution in [0.25, 0.3) is 0 Å². The Labute approximate surface area is 152 Å². The molecular weight excluding hydrogens is 316 g/mol. The molecule has 3 unspecified atom stereocenters. The smallest absolute Gasteiger partial charge is 0.312 e. The van der Waals surface area contributed by atoms with Gasteiger partial charge in [0.2, 0.25) is 0 Å². The molecule has 0 aliphatic heterocycles. The standard InChI is InChI=1S/C21H34O4/c1-5-19(2,3)18(23)25-21(13-15-8-9-16(21)12-15)14-17(22)24-20(4)10-6-7-11-20/h15-16H,5-14H2,1-4H3. The van der Waals surface area contributed by atoms with E-state index in [9.17, 15) is 9.59 Å². The van der Waals surface area contributed by atoms with E-state index < -0.39 is 11.0 Å². The van der Waals surface area contributed by atoms with Gasteiger partial charge in [0.15, 0.2) is 0 Å². The Morgan fingerprint density at radius 1 is 1.12 bits per heavy atom. The van der Waals surface area contributed by atoms with E-state index in [2.05, 4.69) is 0 Å². The summed E-state index contributed by atoms with van der Waals surface area (Å²) in [6.45, 7) is 7.89. The van der Waals surface area contributed by atoms with Crippen LogP contribution in [-0.4, -0.2) is 23.1 Å². The van der Waals surface area contributed by atoms with Crippen molar-refractivity contribution < 1.29 is 19.1 Å². The Morgan fingerprint density at radius 3 is 2.32 bits per heavy atom. The molecule has 0 spiro atoms. The van der Waals surface area contributed by atoms with Crippen LogP contribution in [0.2, 0.25) is 0 Å². The van der Waals surface area contributed by atoms with Gasteiger partial charge in [0.25, 0.3) is 0 Å². The lowest BCUT2D eigenvalue weighted by Gasteiger charge is -2.39. The van der Waals surface area contributed by atoms with Gasteiger partial charge in [-0.2, -0.15) is 0 Å². The Balaban J connectivity index is 1.72. The quantitative estimate of drug-likeness (QED) is 0.646. The molecule has 0 amide bonds. The first-order valence-corrected chi connectivity index (χ1v) is 10.1. The monoisotopic (exact) mass is 350 g/mol. The minimum atomic E-state index is -0.627. The van der Waals surface area contributed by atoms with Crippen LogP contribution in [0.1, 0.15) is 91.9 Å². The molecule has 3 fully saturated rings. The number of hydrogen-bond donors (Lipinski definition) is 0. The molecule has 0 aromatic rings. The largest absolute Gasteiger partial charge is 0.459 e. The highest BCUT2D eigenvalue weighted by Gasteiger charge is 2.56. The van der Waals surface area contributed by atoms with E-state index in [-0.39, 0.29) is 24.0 Å². The number of ether oxygens (including phenoxy) is 2. The van der Waals surface area contributed by atoms with E-state index in [0.717, 1.165) is 51.4 Å². The summed E-state index contributed by atoms with van der Waals surface area (Å²) in [5.74, 6) is 0.567. The van der Waals surface area contributed by atoms with Crippen LogP contribution in [-0.2, 0) is 19.1 Å². The summed E-state index contributed by atoms with van der Waals surface area (Å²) in [6.07, 6.45) is 9.29. The van der Waals surface area contributed by atoms with Crippen molar-refractivity contribution in [2.24, 2.45) is 17.3 Å². The van der Waals surface area contributed by atoms with Crippen LogP contribution in [0.3, 0.4) is 0 Å². The van der Waals surface area contributed by atoms with Crippen LogP contribution in [0.4, 0.5) is 0 Å². The van der Waals surface area contributed by atoms with Crippen molar-refractivity contribution in [3.63, 3.8) is 0 Å². The summed E-state index contributed by atoms with van der Waals surface area (Å²) < 4.78 is 12.0. The number of carbonyl (C=O) groups excluding carboxylic acids is 2. The van der Waals surface area contributed by atoms with E-state index in [0.29, 0.717) is 11.8 Å². The van der Waals surface area contributed by atoms with Crippen LogP contribution >= 0.6 is 0 Å². The highest BCUT2D eigenvalue weighted by molar-refractivity contribution is 5.78. The molecule has 4 heteroatoms. The van der Waals surface area contributed by atoms with Gasteiger partial charge in [0.05, 0.1) is 11.8 Å². The average molecular weight is 350 g/mol. The molecule has 0 aromatic heterocycles. The van der Waals surface area contributed by atoms with Crippen LogP contribution < -0.4 is 0 Å². The van der Waals surface area contributed by atoms with Crippen LogP contribution in [0.15, 0.2) is 0 Å². The Hall–Kier alpha value is -1.06. The third-order valence-electron chi connectivity index (χ3n) is 7.12. The van der Waals surface area contributed by atoms with Crippen molar-refractivity contribution in [3.05, 3.63) is 0 Å². The molecule has 3 aliphatic carbocycles. The van der Waals surface area contributed by atoms with Crippen LogP contribution in [0, 0.1) is 17.3 Å². The maximum absolute atomic E-state index is 12.7. The molecule has 3 saturated carbocycles. The molecule has 25 heavy (non-hydrogen) atoms.